The predicted octanol–water partition coefficient (Wildman–Crippen LogP) is 1.12. The van der Waals surface area contributed by atoms with E-state index in [9.17, 15) is 4.79 Å². The Morgan fingerprint density at radius 2 is 2.25 bits per heavy atom. The van der Waals surface area contributed by atoms with Crippen LogP contribution in [-0.4, -0.2) is 30.8 Å². The van der Waals surface area contributed by atoms with E-state index in [1.807, 2.05) is 19.9 Å². The lowest BCUT2D eigenvalue weighted by Gasteiger charge is -2.09. The number of aryl methyl sites for hydroxylation is 1. The summed E-state index contributed by atoms with van der Waals surface area (Å²) in [5, 5.41) is 11.2. The first kappa shape index (κ1) is 12.5. The Morgan fingerprint density at radius 1 is 1.50 bits per heavy atom. The molecule has 1 rings (SSSR count). The van der Waals surface area contributed by atoms with Crippen molar-refractivity contribution in [1.82, 2.24) is 5.32 Å². The summed E-state index contributed by atoms with van der Waals surface area (Å²) in [6, 6.07) is 5.30. The number of ether oxygens (including phenoxy) is 1. The molecule has 0 aliphatic carbocycles. The number of amides is 1. The van der Waals surface area contributed by atoms with E-state index in [1.54, 1.807) is 12.1 Å². The molecule has 1 amide bonds. The molecular formula is C12H17NO3. The predicted molar refractivity (Wildman–Crippen MR) is 61.8 cm³/mol. The van der Waals surface area contributed by atoms with E-state index in [1.165, 1.54) is 0 Å². The van der Waals surface area contributed by atoms with Gasteiger partial charge in [0, 0.05) is 12.1 Å². The molecule has 16 heavy (non-hydrogen) atoms. The first-order valence-corrected chi connectivity index (χ1v) is 5.31. The van der Waals surface area contributed by atoms with Crippen molar-refractivity contribution in [1.29, 1.82) is 0 Å². The molecule has 0 fully saturated rings. The van der Waals surface area contributed by atoms with Gasteiger partial charge in [0.1, 0.15) is 5.75 Å². The van der Waals surface area contributed by atoms with Gasteiger partial charge >= 0.3 is 0 Å². The number of carbonyl (C=O) groups excluding carboxylic acids is 1. The molecule has 4 heteroatoms. The summed E-state index contributed by atoms with van der Waals surface area (Å²) in [6.45, 7) is 4.60. The second-order valence-electron chi connectivity index (χ2n) is 3.39. The minimum atomic E-state index is -0.199. The number of carbonyl (C=O) groups is 1. The zero-order chi connectivity index (χ0) is 12.0. The highest BCUT2D eigenvalue weighted by atomic mass is 16.5. The molecule has 0 atom stereocenters. The summed E-state index contributed by atoms with van der Waals surface area (Å²) >= 11 is 0. The maximum Gasteiger partial charge on any atom is 0.251 e. The Bertz CT molecular complexity index is 363. The Balaban J connectivity index is 2.81. The van der Waals surface area contributed by atoms with E-state index in [-0.39, 0.29) is 19.1 Å². The summed E-state index contributed by atoms with van der Waals surface area (Å²) in [7, 11) is 0. The highest BCUT2D eigenvalue weighted by molar-refractivity contribution is 5.94. The molecule has 0 saturated heterocycles. The Labute approximate surface area is 95.2 Å². The van der Waals surface area contributed by atoms with Gasteiger partial charge in [-0.3, -0.25) is 4.79 Å². The molecule has 0 saturated carbocycles. The van der Waals surface area contributed by atoms with Crippen molar-refractivity contribution in [2.75, 3.05) is 19.8 Å². The lowest BCUT2D eigenvalue weighted by molar-refractivity contribution is 0.0944. The van der Waals surface area contributed by atoms with E-state index in [0.717, 1.165) is 11.3 Å². The van der Waals surface area contributed by atoms with E-state index in [0.29, 0.717) is 12.2 Å². The maximum absolute atomic E-state index is 11.6. The van der Waals surface area contributed by atoms with Crippen LogP contribution in [-0.2, 0) is 0 Å². The fourth-order valence-electron chi connectivity index (χ4n) is 1.32. The van der Waals surface area contributed by atoms with Crippen LogP contribution < -0.4 is 10.1 Å². The zero-order valence-corrected chi connectivity index (χ0v) is 9.62. The van der Waals surface area contributed by atoms with E-state index in [2.05, 4.69) is 5.32 Å². The first-order valence-electron chi connectivity index (χ1n) is 5.31. The van der Waals surface area contributed by atoms with Crippen molar-refractivity contribution in [2.45, 2.75) is 13.8 Å². The molecule has 2 N–H and O–H groups in total. The van der Waals surface area contributed by atoms with Gasteiger partial charge in [-0.2, -0.15) is 0 Å². The normalized spacial score (nSPS) is 9.94. The quantitative estimate of drug-likeness (QED) is 0.786. The second kappa shape index (κ2) is 6.12. The van der Waals surface area contributed by atoms with Gasteiger partial charge in [-0.1, -0.05) is 6.07 Å². The molecule has 0 aliphatic rings. The van der Waals surface area contributed by atoms with Gasteiger partial charge in [0.05, 0.1) is 13.2 Å². The van der Waals surface area contributed by atoms with Gasteiger partial charge in [0.2, 0.25) is 0 Å². The maximum atomic E-state index is 11.6. The van der Waals surface area contributed by atoms with Crippen LogP contribution >= 0.6 is 0 Å². The van der Waals surface area contributed by atoms with Crippen molar-refractivity contribution in [3.05, 3.63) is 29.3 Å². The molecule has 1 aromatic carbocycles. The first-order chi connectivity index (χ1) is 7.69. The molecule has 4 nitrogen and oxygen atoms in total. The van der Waals surface area contributed by atoms with Gasteiger partial charge in [-0.25, -0.2) is 0 Å². The molecule has 0 aliphatic heterocycles. The van der Waals surface area contributed by atoms with Crippen LogP contribution in [0, 0.1) is 6.92 Å². The zero-order valence-electron chi connectivity index (χ0n) is 9.62. The monoisotopic (exact) mass is 223 g/mol. The van der Waals surface area contributed by atoms with Crippen molar-refractivity contribution in [3.8, 4) is 5.75 Å². The number of nitrogens with one attached hydrogen (secondary N) is 1. The Hall–Kier alpha value is -1.55. The van der Waals surface area contributed by atoms with Gasteiger partial charge in [0.15, 0.2) is 0 Å². The molecule has 1 aromatic rings. The van der Waals surface area contributed by atoms with Crippen LogP contribution in [0.15, 0.2) is 18.2 Å². The third-order valence-electron chi connectivity index (χ3n) is 2.15. The average molecular weight is 223 g/mol. The Morgan fingerprint density at radius 3 is 2.88 bits per heavy atom. The number of benzene rings is 1. The van der Waals surface area contributed by atoms with E-state index < -0.39 is 0 Å². The largest absolute Gasteiger partial charge is 0.494 e. The number of rotatable bonds is 5. The van der Waals surface area contributed by atoms with Crippen LogP contribution in [0.5, 0.6) is 5.75 Å². The van der Waals surface area contributed by atoms with Crippen molar-refractivity contribution < 1.29 is 14.6 Å². The molecule has 0 aromatic heterocycles. The number of aliphatic hydroxyl groups excluding tert-OH is 1. The summed E-state index contributed by atoms with van der Waals surface area (Å²) in [4.78, 5) is 11.6. The number of hydrogen-bond donors (Lipinski definition) is 2. The molecule has 0 heterocycles. The van der Waals surface area contributed by atoms with Crippen LogP contribution in [0.3, 0.4) is 0 Å². The van der Waals surface area contributed by atoms with Crippen molar-refractivity contribution in [2.24, 2.45) is 0 Å². The van der Waals surface area contributed by atoms with Crippen molar-refractivity contribution >= 4 is 5.91 Å². The summed E-state index contributed by atoms with van der Waals surface area (Å²) < 4.78 is 5.40. The molecule has 0 unspecified atom stereocenters. The fourth-order valence-corrected chi connectivity index (χ4v) is 1.32. The average Bonchev–Trinajstić information content (AvgIpc) is 2.29. The van der Waals surface area contributed by atoms with Gasteiger partial charge in [-0.05, 0) is 31.5 Å². The molecular weight excluding hydrogens is 206 g/mol. The molecule has 88 valence electrons. The third kappa shape index (κ3) is 3.24. The Kier molecular flexibility index (Phi) is 4.79. The summed E-state index contributed by atoms with van der Waals surface area (Å²) in [5.41, 5.74) is 1.54. The summed E-state index contributed by atoms with van der Waals surface area (Å²) in [5.74, 6) is 0.522. The number of aliphatic hydroxyl groups is 1. The topological polar surface area (TPSA) is 58.6 Å². The molecule has 0 spiro atoms. The highest BCUT2D eigenvalue weighted by Gasteiger charge is 2.07. The van der Waals surface area contributed by atoms with E-state index in [4.69, 9.17) is 9.84 Å². The van der Waals surface area contributed by atoms with Crippen LogP contribution in [0.4, 0.5) is 0 Å². The second-order valence-corrected chi connectivity index (χ2v) is 3.39. The lowest BCUT2D eigenvalue weighted by atomic mass is 10.1. The van der Waals surface area contributed by atoms with Crippen molar-refractivity contribution in [3.63, 3.8) is 0 Å². The third-order valence-corrected chi connectivity index (χ3v) is 2.15. The lowest BCUT2D eigenvalue weighted by Crippen LogP contribution is -2.26. The van der Waals surface area contributed by atoms with Gasteiger partial charge in [-0.15, -0.1) is 0 Å². The summed E-state index contributed by atoms with van der Waals surface area (Å²) in [6.07, 6.45) is 0. The van der Waals surface area contributed by atoms with Crippen LogP contribution in [0.1, 0.15) is 22.8 Å². The fraction of sp³-hybridized carbons (Fsp3) is 0.417. The molecule has 0 radical (unpaired) electrons. The minimum Gasteiger partial charge on any atom is -0.494 e. The van der Waals surface area contributed by atoms with E-state index >= 15 is 0 Å². The SMILES string of the molecule is CCOc1cc(C(=O)NCCO)ccc1C. The van der Waals surface area contributed by atoms with Crippen LogP contribution in [0.2, 0.25) is 0 Å². The smallest absolute Gasteiger partial charge is 0.251 e. The van der Waals surface area contributed by atoms with Crippen LogP contribution in [0.25, 0.3) is 0 Å². The number of hydrogen-bond acceptors (Lipinski definition) is 3. The van der Waals surface area contributed by atoms with Gasteiger partial charge in [0.25, 0.3) is 5.91 Å². The highest BCUT2D eigenvalue weighted by Crippen LogP contribution is 2.19. The molecule has 0 bridgehead atoms. The minimum absolute atomic E-state index is 0.0596. The standard InChI is InChI=1S/C12H17NO3/c1-3-16-11-8-10(5-4-9(11)2)12(15)13-6-7-14/h4-5,8,14H,3,6-7H2,1-2H3,(H,13,15). The van der Waals surface area contributed by atoms with Gasteiger partial charge < -0.3 is 15.2 Å².